The van der Waals surface area contributed by atoms with Crippen molar-refractivity contribution in [2.24, 2.45) is 0 Å². The van der Waals surface area contributed by atoms with E-state index in [4.69, 9.17) is 4.74 Å². The molecule has 0 unspecified atom stereocenters. The molecule has 4 heteroatoms. The maximum Gasteiger partial charge on any atom is 0.129 e. The van der Waals surface area contributed by atoms with Gasteiger partial charge in [0.25, 0.3) is 0 Å². The molecule has 0 saturated carbocycles. The van der Waals surface area contributed by atoms with E-state index in [9.17, 15) is 10.2 Å². The Hall–Kier alpha value is -0.210. The second-order valence-corrected chi connectivity index (χ2v) is 5.84. The standard InChI is InChI=1S/C13H24O3S/c1-9(14)8-10(2)16-12(11(3)17)6-7-13(4,5)15/h9-12,14-15,17H,8H2,1-5H3/t9-,10-,11+,12-/m1/s1. The van der Waals surface area contributed by atoms with E-state index in [0.29, 0.717) is 6.42 Å². The van der Waals surface area contributed by atoms with Gasteiger partial charge in [0, 0.05) is 5.25 Å². The third kappa shape index (κ3) is 9.49. The van der Waals surface area contributed by atoms with Crippen molar-refractivity contribution in [2.45, 2.75) is 70.2 Å². The van der Waals surface area contributed by atoms with Gasteiger partial charge in [-0.3, -0.25) is 0 Å². The first kappa shape index (κ1) is 16.8. The van der Waals surface area contributed by atoms with E-state index in [1.807, 2.05) is 13.8 Å². The maximum atomic E-state index is 9.53. The Balaban J connectivity index is 4.49. The van der Waals surface area contributed by atoms with Crippen LogP contribution in [0.4, 0.5) is 0 Å². The van der Waals surface area contributed by atoms with Gasteiger partial charge in [-0.25, -0.2) is 0 Å². The molecule has 0 rings (SSSR count). The van der Waals surface area contributed by atoms with E-state index in [-0.39, 0.29) is 17.5 Å². The van der Waals surface area contributed by atoms with Crippen LogP contribution in [0.3, 0.4) is 0 Å². The quantitative estimate of drug-likeness (QED) is 0.520. The van der Waals surface area contributed by atoms with E-state index in [0.717, 1.165) is 0 Å². The minimum Gasteiger partial charge on any atom is -0.393 e. The van der Waals surface area contributed by atoms with Crippen LogP contribution in [0.5, 0.6) is 0 Å². The summed E-state index contributed by atoms with van der Waals surface area (Å²) in [7, 11) is 0. The van der Waals surface area contributed by atoms with E-state index in [1.54, 1.807) is 20.8 Å². The van der Waals surface area contributed by atoms with Gasteiger partial charge in [0.1, 0.15) is 11.7 Å². The van der Waals surface area contributed by atoms with Gasteiger partial charge in [-0.1, -0.05) is 18.8 Å². The Kier molecular flexibility index (Phi) is 7.18. The zero-order chi connectivity index (χ0) is 13.6. The van der Waals surface area contributed by atoms with E-state index >= 15 is 0 Å². The molecule has 4 atom stereocenters. The normalized spacial score (nSPS) is 18.8. The molecule has 0 aliphatic heterocycles. The van der Waals surface area contributed by atoms with Crippen LogP contribution in [0.1, 0.15) is 41.0 Å². The summed E-state index contributed by atoms with van der Waals surface area (Å²) >= 11 is 4.32. The lowest BCUT2D eigenvalue weighted by Gasteiger charge is -2.22. The number of hydrogen-bond acceptors (Lipinski definition) is 4. The van der Waals surface area contributed by atoms with Gasteiger partial charge in [-0.05, 0) is 34.1 Å². The van der Waals surface area contributed by atoms with Gasteiger partial charge >= 0.3 is 0 Å². The summed E-state index contributed by atoms with van der Waals surface area (Å²) in [4.78, 5) is 0. The summed E-state index contributed by atoms with van der Waals surface area (Å²) in [5, 5.41) is 18.7. The first-order chi connectivity index (χ1) is 7.61. The number of hydrogen-bond donors (Lipinski definition) is 3. The van der Waals surface area contributed by atoms with Crippen molar-refractivity contribution < 1.29 is 14.9 Å². The van der Waals surface area contributed by atoms with Crippen molar-refractivity contribution in [2.75, 3.05) is 0 Å². The molecular formula is C13H24O3S. The van der Waals surface area contributed by atoms with Gasteiger partial charge in [-0.2, -0.15) is 12.6 Å². The average molecular weight is 260 g/mol. The van der Waals surface area contributed by atoms with Crippen LogP contribution in [-0.4, -0.2) is 39.4 Å². The van der Waals surface area contributed by atoms with Crippen LogP contribution in [0.2, 0.25) is 0 Å². The smallest absolute Gasteiger partial charge is 0.129 e. The fourth-order valence-electron chi connectivity index (χ4n) is 1.30. The van der Waals surface area contributed by atoms with Crippen molar-refractivity contribution in [1.29, 1.82) is 0 Å². The van der Waals surface area contributed by atoms with Crippen molar-refractivity contribution in [3.8, 4) is 11.8 Å². The third-order valence-corrected chi connectivity index (χ3v) is 2.28. The predicted molar refractivity (Wildman–Crippen MR) is 73.2 cm³/mol. The summed E-state index contributed by atoms with van der Waals surface area (Å²) in [5.74, 6) is 5.61. The predicted octanol–water partition coefficient (Wildman–Crippen LogP) is 1.62. The van der Waals surface area contributed by atoms with Crippen molar-refractivity contribution in [3.63, 3.8) is 0 Å². The summed E-state index contributed by atoms with van der Waals surface area (Å²) in [6, 6.07) is 0. The molecule has 0 saturated heterocycles. The Morgan fingerprint density at radius 1 is 1.29 bits per heavy atom. The molecule has 0 bridgehead atoms. The lowest BCUT2D eigenvalue weighted by Crippen LogP contribution is -2.28. The van der Waals surface area contributed by atoms with Crippen LogP contribution in [0, 0.1) is 11.8 Å². The highest BCUT2D eigenvalue weighted by atomic mass is 32.1. The second kappa shape index (κ2) is 7.27. The molecule has 0 heterocycles. The van der Waals surface area contributed by atoms with E-state index < -0.39 is 11.7 Å². The summed E-state index contributed by atoms with van der Waals surface area (Å²) < 4.78 is 5.70. The number of rotatable bonds is 5. The number of ether oxygens (including phenoxy) is 1. The summed E-state index contributed by atoms with van der Waals surface area (Å²) in [6.07, 6.45) is -0.284. The highest BCUT2D eigenvalue weighted by Gasteiger charge is 2.17. The molecule has 0 aliphatic rings. The fourth-order valence-corrected chi connectivity index (χ4v) is 1.45. The minimum absolute atomic E-state index is 0.0544. The van der Waals surface area contributed by atoms with E-state index in [1.165, 1.54) is 0 Å². The molecule has 3 nitrogen and oxygen atoms in total. The maximum absolute atomic E-state index is 9.53. The highest BCUT2D eigenvalue weighted by molar-refractivity contribution is 7.81. The largest absolute Gasteiger partial charge is 0.393 e. The van der Waals surface area contributed by atoms with Gasteiger partial charge in [0.2, 0.25) is 0 Å². The van der Waals surface area contributed by atoms with Crippen LogP contribution < -0.4 is 0 Å². The first-order valence-corrected chi connectivity index (χ1v) is 6.40. The molecule has 0 aromatic carbocycles. The van der Waals surface area contributed by atoms with Gasteiger partial charge in [0.15, 0.2) is 0 Å². The Morgan fingerprint density at radius 2 is 1.82 bits per heavy atom. The lowest BCUT2D eigenvalue weighted by atomic mass is 10.1. The van der Waals surface area contributed by atoms with Crippen molar-refractivity contribution >= 4 is 12.6 Å². The Bertz CT molecular complexity index is 271. The summed E-state index contributed by atoms with van der Waals surface area (Å²) in [5.41, 5.74) is -1.03. The molecule has 0 aromatic rings. The third-order valence-electron chi connectivity index (χ3n) is 2.01. The number of aliphatic hydroxyl groups is 2. The molecule has 0 radical (unpaired) electrons. The minimum atomic E-state index is -1.03. The summed E-state index contributed by atoms with van der Waals surface area (Å²) in [6.45, 7) is 8.75. The number of aliphatic hydroxyl groups excluding tert-OH is 1. The molecule has 0 amide bonds. The number of thiol groups is 1. The monoisotopic (exact) mass is 260 g/mol. The van der Waals surface area contributed by atoms with Gasteiger partial charge in [0.05, 0.1) is 12.2 Å². The lowest BCUT2D eigenvalue weighted by molar-refractivity contribution is 0.00238. The van der Waals surface area contributed by atoms with E-state index in [2.05, 4.69) is 24.5 Å². The van der Waals surface area contributed by atoms with Crippen LogP contribution in [-0.2, 0) is 4.74 Å². The molecule has 0 fully saturated rings. The van der Waals surface area contributed by atoms with Crippen molar-refractivity contribution in [1.82, 2.24) is 0 Å². The Morgan fingerprint density at radius 3 is 2.18 bits per heavy atom. The van der Waals surface area contributed by atoms with Crippen molar-refractivity contribution in [3.05, 3.63) is 0 Å². The Labute approximate surface area is 110 Å². The molecule has 0 aliphatic carbocycles. The zero-order valence-corrected chi connectivity index (χ0v) is 12.2. The van der Waals surface area contributed by atoms with Crippen LogP contribution in [0.25, 0.3) is 0 Å². The fraction of sp³-hybridized carbons (Fsp3) is 0.846. The van der Waals surface area contributed by atoms with Crippen LogP contribution in [0.15, 0.2) is 0 Å². The highest BCUT2D eigenvalue weighted by Crippen LogP contribution is 2.12. The second-order valence-electron chi connectivity index (χ2n) is 5.02. The molecule has 100 valence electrons. The van der Waals surface area contributed by atoms with Crippen LogP contribution >= 0.6 is 12.6 Å². The molecule has 2 N–H and O–H groups in total. The molecule has 0 spiro atoms. The molecular weight excluding hydrogens is 236 g/mol. The molecule has 17 heavy (non-hydrogen) atoms. The zero-order valence-electron chi connectivity index (χ0n) is 11.3. The average Bonchev–Trinajstić information content (AvgIpc) is 2.08. The SMILES string of the molecule is C[C@H](C[C@@H](C)O)O[C@H](C#CC(C)(C)O)[C@H](C)S. The topological polar surface area (TPSA) is 49.7 Å². The van der Waals surface area contributed by atoms with Gasteiger partial charge in [-0.15, -0.1) is 0 Å². The van der Waals surface area contributed by atoms with Gasteiger partial charge < -0.3 is 14.9 Å². The first-order valence-electron chi connectivity index (χ1n) is 5.88. The molecule has 0 aromatic heterocycles.